The van der Waals surface area contributed by atoms with E-state index in [1.54, 1.807) is 32.4 Å². The van der Waals surface area contributed by atoms with E-state index >= 15 is 0 Å². The Morgan fingerprint density at radius 3 is 2.04 bits per heavy atom. The maximum atomic E-state index is 12.3. The lowest BCUT2D eigenvalue weighted by Crippen LogP contribution is -2.22. The van der Waals surface area contributed by atoms with Crippen molar-refractivity contribution in [3.8, 4) is 11.5 Å². The van der Waals surface area contributed by atoms with Gasteiger partial charge in [0.1, 0.15) is 11.5 Å². The van der Waals surface area contributed by atoms with Gasteiger partial charge in [-0.3, -0.25) is 4.79 Å². The smallest absolute Gasteiger partial charge is 0.251 e. The molecule has 0 aliphatic rings. The first-order valence-electron chi connectivity index (χ1n) is 7.31. The van der Waals surface area contributed by atoms with Crippen LogP contribution in [0.3, 0.4) is 0 Å². The Morgan fingerprint density at radius 1 is 1.00 bits per heavy atom. The third-order valence-electron chi connectivity index (χ3n) is 3.52. The molecule has 0 saturated carbocycles. The van der Waals surface area contributed by atoms with Crippen molar-refractivity contribution in [2.75, 3.05) is 33.2 Å². The lowest BCUT2D eigenvalue weighted by atomic mass is 10.1. The zero-order chi connectivity index (χ0) is 16.8. The monoisotopic (exact) mass is 314 g/mol. The van der Waals surface area contributed by atoms with Crippen LogP contribution in [0.4, 0.5) is 5.69 Å². The minimum atomic E-state index is -0.168. The second-order valence-corrected chi connectivity index (χ2v) is 5.34. The first kappa shape index (κ1) is 16.7. The van der Waals surface area contributed by atoms with E-state index in [4.69, 9.17) is 9.47 Å². The molecule has 1 N–H and O–H groups in total. The molecule has 0 fully saturated rings. The molecule has 0 spiro atoms. The average molecular weight is 314 g/mol. The van der Waals surface area contributed by atoms with Gasteiger partial charge in [0, 0.05) is 38.0 Å². The lowest BCUT2D eigenvalue weighted by Gasteiger charge is -2.13. The van der Waals surface area contributed by atoms with Crippen LogP contribution in [0.15, 0.2) is 42.5 Å². The largest absolute Gasteiger partial charge is 0.497 e. The number of nitrogens with zero attached hydrogens (tertiary/aromatic N) is 1. The van der Waals surface area contributed by atoms with Crippen LogP contribution in [-0.4, -0.2) is 34.2 Å². The van der Waals surface area contributed by atoms with Crippen LogP contribution < -0.4 is 19.7 Å². The zero-order valence-electron chi connectivity index (χ0n) is 13.9. The van der Waals surface area contributed by atoms with Gasteiger partial charge in [-0.2, -0.15) is 0 Å². The first-order chi connectivity index (χ1) is 11.0. The molecule has 0 heterocycles. The fourth-order valence-electron chi connectivity index (χ4n) is 2.13. The maximum absolute atomic E-state index is 12.3. The van der Waals surface area contributed by atoms with Gasteiger partial charge in [-0.1, -0.05) is 12.1 Å². The van der Waals surface area contributed by atoms with Gasteiger partial charge in [-0.05, 0) is 29.8 Å². The number of anilines is 1. The van der Waals surface area contributed by atoms with Crippen molar-refractivity contribution < 1.29 is 14.3 Å². The van der Waals surface area contributed by atoms with Crippen molar-refractivity contribution >= 4 is 11.6 Å². The molecule has 2 rings (SSSR count). The number of hydrogen-bond donors (Lipinski definition) is 1. The fourth-order valence-corrected chi connectivity index (χ4v) is 2.13. The second-order valence-electron chi connectivity index (χ2n) is 5.34. The summed E-state index contributed by atoms with van der Waals surface area (Å²) >= 11 is 0. The minimum absolute atomic E-state index is 0.168. The molecular formula is C18H22N2O3. The zero-order valence-corrected chi connectivity index (χ0v) is 13.9. The number of benzene rings is 2. The van der Waals surface area contributed by atoms with Crippen LogP contribution in [0.2, 0.25) is 0 Å². The molecular weight excluding hydrogens is 292 g/mol. The number of methoxy groups -OCH3 is 2. The van der Waals surface area contributed by atoms with E-state index in [0.29, 0.717) is 23.6 Å². The Kier molecular flexibility index (Phi) is 5.46. The van der Waals surface area contributed by atoms with Gasteiger partial charge in [0.05, 0.1) is 14.2 Å². The molecule has 122 valence electrons. The standard InChI is InChI=1S/C18H22N2O3/c1-20(2)15-7-5-13(6-8-15)12-19-18(21)14-9-16(22-3)11-17(10-14)23-4/h5-11H,12H2,1-4H3,(H,19,21). The van der Waals surface area contributed by atoms with Gasteiger partial charge in [-0.25, -0.2) is 0 Å². The maximum Gasteiger partial charge on any atom is 0.251 e. The Labute approximate surface area is 136 Å². The predicted octanol–water partition coefficient (Wildman–Crippen LogP) is 2.70. The summed E-state index contributed by atoms with van der Waals surface area (Å²) < 4.78 is 10.4. The first-order valence-corrected chi connectivity index (χ1v) is 7.31. The van der Waals surface area contributed by atoms with E-state index in [1.165, 1.54) is 0 Å². The van der Waals surface area contributed by atoms with E-state index in [2.05, 4.69) is 5.32 Å². The van der Waals surface area contributed by atoms with Gasteiger partial charge in [0.15, 0.2) is 0 Å². The van der Waals surface area contributed by atoms with E-state index < -0.39 is 0 Å². The van der Waals surface area contributed by atoms with Crippen LogP contribution in [0, 0.1) is 0 Å². The van der Waals surface area contributed by atoms with Crippen molar-refractivity contribution in [2.45, 2.75) is 6.54 Å². The Morgan fingerprint density at radius 2 is 1.57 bits per heavy atom. The Bertz CT molecular complexity index is 644. The van der Waals surface area contributed by atoms with Crippen LogP contribution in [0.5, 0.6) is 11.5 Å². The molecule has 0 aliphatic carbocycles. The summed E-state index contributed by atoms with van der Waals surface area (Å²) in [4.78, 5) is 14.3. The molecule has 0 aliphatic heterocycles. The van der Waals surface area contributed by atoms with Crippen LogP contribution in [0.25, 0.3) is 0 Å². The summed E-state index contributed by atoms with van der Waals surface area (Å²) in [7, 11) is 7.10. The third-order valence-corrected chi connectivity index (χ3v) is 3.52. The number of carbonyl (C=O) groups excluding carboxylic acids is 1. The lowest BCUT2D eigenvalue weighted by molar-refractivity contribution is 0.0950. The van der Waals surface area contributed by atoms with Crippen molar-refractivity contribution in [3.63, 3.8) is 0 Å². The minimum Gasteiger partial charge on any atom is -0.497 e. The van der Waals surface area contributed by atoms with Gasteiger partial charge >= 0.3 is 0 Å². The predicted molar refractivity (Wildman–Crippen MR) is 91.5 cm³/mol. The number of ether oxygens (including phenoxy) is 2. The highest BCUT2D eigenvalue weighted by molar-refractivity contribution is 5.95. The number of hydrogen-bond acceptors (Lipinski definition) is 4. The Hall–Kier alpha value is -2.69. The molecule has 5 nitrogen and oxygen atoms in total. The number of rotatable bonds is 6. The van der Waals surface area contributed by atoms with Gasteiger partial charge < -0.3 is 19.7 Å². The van der Waals surface area contributed by atoms with E-state index in [-0.39, 0.29) is 5.91 Å². The quantitative estimate of drug-likeness (QED) is 0.891. The molecule has 1 amide bonds. The molecule has 2 aromatic rings. The Balaban J connectivity index is 2.04. The fraction of sp³-hybridized carbons (Fsp3) is 0.278. The third kappa shape index (κ3) is 4.39. The van der Waals surface area contributed by atoms with E-state index in [9.17, 15) is 4.79 Å². The summed E-state index contributed by atoms with van der Waals surface area (Å²) in [6.07, 6.45) is 0. The topological polar surface area (TPSA) is 50.8 Å². The summed E-state index contributed by atoms with van der Waals surface area (Å²) in [5.74, 6) is 1.01. The molecule has 0 bridgehead atoms. The average Bonchev–Trinajstić information content (AvgIpc) is 2.59. The molecule has 0 atom stereocenters. The molecule has 0 unspecified atom stereocenters. The molecule has 5 heteroatoms. The van der Waals surface area contributed by atoms with Crippen LogP contribution in [-0.2, 0) is 6.54 Å². The molecule has 0 radical (unpaired) electrons. The molecule has 0 aromatic heterocycles. The SMILES string of the molecule is COc1cc(OC)cc(C(=O)NCc2ccc(N(C)C)cc2)c1. The number of carbonyl (C=O) groups is 1. The van der Waals surface area contributed by atoms with Crippen LogP contribution in [0.1, 0.15) is 15.9 Å². The molecule has 2 aromatic carbocycles. The van der Waals surface area contributed by atoms with E-state index in [0.717, 1.165) is 11.3 Å². The van der Waals surface area contributed by atoms with Gasteiger partial charge in [0.2, 0.25) is 0 Å². The van der Waals surface area contributed by atoms with Gasteiger partial charge in [0.25, 0.3) is 5.91 Å². The van der Waals surface area contributed by atoms with Crippen molar-refractivity contribution in [2.24, 2.45) is 0 Å². The molecule has 0 saturated heterocycles. The van der Waals surface area contributed by atoms with Crippen LogP contribution >= 0.6 is 0 Å². The normalized spacial score (nSPS) is 10.1. The number of nitrogens with one attached hydrogen (secondary N) is 1. The highest BCUT2D eigenvalue weighted by Gasteiger charge is 2.09. The van der Waals surface area contributed by atoms with E-state index in [1.807, 2.05) is 43.3 Å². The highest BCUT2D eigenvalue weighted by Crippen LogP contribution is 2.22. The summed E-state index contributed by atoms with van der Waals surface area (Å²) in [6.45, 7) is 0.464. The summed E-state index contributed by atoms with van der Waals surface area (Å²) in [5.41, 5.74) is 2.67. The van der Waals surface area contributed by atoms with Crippen molar-refractivity contribution in [3.05, 3.63) is 53.6 Å². The highest BCUT2D eigenvalue weighted by atomic mass is 16.5. The second kappa shape index (κ2) is 7.54. The van der Waals surface area contributed by atoms with Crippen molar-refractivity contribution in [1.82, 2.24) is 5.32 Å². The summed E-state index contributed by atoms with van der Waals surface area (Å²) in [6, 6.07) is 13.2. The number of amides is 1. The van der Waals surface area contributed by atoms with Crippen molar-refractivity contribution in [1.29, 1.82) is 0 Å². The summed E-state index contributed by atoms with van der Waals surface area (Å²) in [5, 5.41) is 2.90. The van der Waals surface area contributed by atoms with Gasteiger partial charge in [-0.15, -0.1) is 0 Å². The molecule has 23 heavy (non-hydrogen) atoms.